The zero-order valence-corrected chi connectivity index (χ0v) is 16.7. The second-order valence-electron chi connectivity index (χ2n) is 8.14. The van der Waals surface area contributed by atoms with Crippen LogP contribution < -0.4 is 0 Å². The quantitative estimate of drug-likeness (QED) is 0.430. The number of hydrogen-bond donors (Lipinski definition) is 0. The third-order valence-electron chi connectivity index (χ3n) is 6.53. The van der Waals surface area contributed by atoms with E-state index in [1.165, 1.54) is 0 Å². The monoisotopic (exact) mass is 418 g/mol. The van der Waals surface area contributed by atoms with Crippen molar-refractivity contribution in [3.8, 4) is 0 Å². The molecule has 2 fully saturated rings. The van der Waals surface area contributed by atoms with Crippen LogP contribution in [-0.2, 0) is 9.47 Å². The highest BCUT2D eigenvalue weighted by Gasteiger charge is 2.76. The Bertz CT molecular complexity index is 446. The van der Waals surface area contributed by atoms with E-state index in [0.29, 0.717) is 13.2 Å². The molecule has 0 aromatic rings. The van der Waals surface area contributed by atoms with Gasteiger partial charge in [0.25, 0.3) is 0 Å². The van der Waals surface area contributed by atoms with Gasteiger partial charge < -0.3 is 9.47 Å². The molecule has 0 saturated heterocycles. The van der Waals surface area contributed by atoms with E-state index in [4.69, 9.17) is 9.47 Å². The molecule has 0 N–H and O–H groups in total. The van der Waals surface area contributed by atoms with Crippen molar-refractivity contribution in [3.63, 3.8) is 0 Å². The maximum Gasteiger partial charge on any atom is 0.403 e. The van der Waals surface area contributed by atoms with E-state index < -0.39 is 29.6 Å². The van der Waals surface area contributed by atoms with Gasteiger partial charge in [0, 0.05) is 13.2 Å². The van der Waals surface area contributed by atoms with Gasteiger partial charge in [0.05, 0.1) is 12.2 Å². The summed E-state index contributed by atoms with van der Waals surface area (Å²) < 4.78 is 96.2. The average molecular weight is 418 g/mol. The Balaban J connectivity index is 2.25. The molecule has 8 heteroatoms. The molecule has 2 rings (SSSR count). The van der Waals surface area contributed by atoms with Gasteiger partial charge in [0.1, 0.15) is 0 Å². The van der Waals surface area contributed by atoms with Crippen LogP contribution in [0.4, 0.5) is 26.3 Å². The maximum atomic E-state index is 14.2. The van der Waals surface area contributed by atoms with Gasteiger partial charge in [-0.05, 0) is 76.5 Å². The van der Waals surface area contributed by atoms with E-state index in [9.17, 15) is 26.3 Å². The van der Waals surface area contributed by atoms with E-state index in [1.54, 1.807) is 6.92 Å². The van der Waals surface area contributed by atoms with E-state index >= 15 is 0 Å². The smallest absolute Gasteiger partial charge is 0.379 e. The zero-order chi connectivity index (χ0) is 21.0. The Hall–Kier alpha value is -0.500. The molecule has 0 aliphatic heterocycles. The van der Waals surface area contributed by atoms with Crippen molar-refractivity contribution in [2.45, 2.75) is 96.2 Å². The molecule has 0 atom stereocenters. The summed E-state index contributed by atoms with van der Waals surface area (Å²) in [6.45, 7) is 4.60. The molecule has 0 aromatic carbocycles. The van der Waals surface area contributed by atoms with Gasteiger partial charge in [-0.15, -0.1) is 0 Å². The lowest BCUT2D eigenvalue weighted by Crippen LogP contribution is -2.61. The lowest BCUT2D eigenvalue weighted by molar-refractivity contribution is -0.383. The van der Waals surface area contributed by atoms with Crippen LogP contribution in [0.5, 0.6) is 0 Å². The van der Waals surface area contributed by atoms with Gasteiger partial charge >= 0.3 is 12.4 Å². The lowest BCUT2D eigenvalue weighted by Gasteiger charge is -2.51. The first-order chi connectivity index (χ1) is 13.1. The van der Waals surface area contributed by atoms with Crippen LogP contribution in [0.15, 0.2) is 0 Å². The molecular formula is C20H32F6O2. The first-order valence-corrected chi connectivity index (χ1v) is 10.4. The summed E-state index contributed by atoms with van der Waals surface area (Å²) in [6.07, 6.45) is -9.72. The maximum absolute atomic E-state index is 14.2. The Labute approximate surface area is 163 Å². The Morgan fingerprint density at radius 2 is 1.04 bits per heavy atom. The second kappa shape index (κ2) is 9.54. The van der Waals surface area contributed by atoms with Crippen LogP contribution in [0.2, 0.25) is 0 Å². The van der Waals surface area contributed by atoms with E-state index in [1.807, 2.05) is 6.92 Å². The molecule has 2 nitrogen and oxygen atoms in total. The first-order valence-electron chi connectivity index (χ1n) is 10.4. The minimum absolute atomic E-state index is 0.0984. The Morgan fingerprint density at radius 1 is 0.643 bits per heavy atom. The molecule has 0 aromatic heterocycles. The summed E-state index contributed by atoms with van der Waals surface area (Å²) in [6, 6.07) is 0. The molecule has 0 unspecified atom stereocenters. The number of ether oxygens (including phenoxy) is 2. The van der Waals surface area contributed by atoms with E-state index in [0.717, 1.165) is 6.42 Å². The third kappa shape index (κ3) is 4.79. The van der Waals surface area contributed by atoms with Gasteiger partial charge in [-0.1, -0.05) is 6.92 Å². The number of halogens is 6. The summed E-state index contributed by atoms with van der Waals surface area (Å²) in [4.78, 5) is 0. The fraction of sp³-hybridized carbons (Fsp3) is 1.00. The number of alkyl halides is 6. The minimum Gasteiger partial charge on any atom is -0.379 e. The largest absolute Gasteiger partial charge is 0.403 e. The molecule has 2 saturated carbocycles. The predicted octanol–water partition coefficient (Wildman–Crippen LogP) is 6.68. The normalized spacial score (nSPS) is 30.4. The summed E-state index contributed by atoms with van der Waals surface area (Å²) in [5.74, 6) is -2.88. The van der Waals surface area contributed by atoms with Crippen molar-refractivity contribution >= 4 is 0 Å². The number of rotatable bonds is 7. The van der Waals surface area contributed by atoms with Gasteiger partial charge in [-0.25, -0.2) is 0 Å². The standard InChI is InChI=1S/C20H32F6O2/c1-3-13-28-17-11-7-15(8-12-17)18(19(21,22)23,20(24,25)26)14-5-9-16(10-6-14)27-4-2/h14-17H,3-13H2,1-2H3. The fourth-order valence-corrected chi connectivity index (χ4v) is 5.31. The van der Waals surface area contributed by atoms with Crippen LogP contribution in [0.3, 0.4) is 0 Å². The van der Waals surface area contributed by atoms with Gasteiger partial charge in [0.2, 0.25) is 0 Å². The summed E-state index contributed by atoms with van der Waals surface area (Å²) in [5, 5.41) is 0. The first kappa shape index (κ1) is 23.8. The molecule has 28 heavy (non-hydrogen) atoms. The lowest BCUT2D eigenvalue weighted by atomic mass is 9.57. The van der Waals surface area contributed by atoms with E-state index in [2.05, 4.69) is 0 Å². The Kier molecular flexibility index (Phi) is 8.10. The van der Waals surface area contributed by atoms with Crippen molar-refractivity contribution in [2.75, 3.05) is 13.2 Å². The van der Waals surface area contributed by atoms with Gasteiger partial charge in [0.15, 0.2) is 5.41 Å². The number of hydrogen-bond acceptors (Lipinski definition) is 2. The third-order valence-corrected chi connectivity index (χ3v) is 6.53. The SMILES string of the molecule is CCCOC1CCC(C(C2CCC(OCC)CC2)(C(F)(F)F)C(F)(F)F)CC1. The predicted molar refractivity (Wildman–Crippen MR) is 93.9 cm³/mol. The highest BCUT2D eigenvalue weighted by molar-refractivity contribution is 5.05. The zero-order valence-electron chi connectivity index (χ0n) is 16.7. The molecule has 0 amide bonds. The van der Waals surface area contributed by atoms with Gasteiger partial charge in [-0.3, -0.25) is 0 Å². The highest BCUT2D eigenvalue weighted by Crippen LogP contribution is 2.64. The molecule has 2 aliphatic rings. The molecule has 166 valence electrons. The second-order valence-corrected chi connectivity index (χ2v) is 8.14. The summed E-state index contributed by atoms with van der Waals surface area (Å²) in [7, 11) is 0. The van der Waals surface area contributed by atoms with Crippen molar-refractivity contribution in [1.29, 1.82) is 0 Å². The average Bonchev–Trinajstić information content (AvgIpc) is 2.61. The molecule has 2 aliphatic carbocycles. The topological polar surface area (TPSA) is 18.5 Å². The highest BCUT2D eigenvalue weighted by atomic mass is 19.4. The molecule has 0 radical (unpaired) electrons. The van der Waals surface area contributed by atoms with Gasteiger partial charge in [-0.2, -0.15) is 26.3 Å². The minimum atomic E-state index is -5.32. The van der Waals surface area contributed by atoms with Crippen molar-refractivity contribution in [1.82, 2.24) is 0 Å². The van der Waals surface area contributed by atoms with Crippen molar-refractivity contribution in [3.05, 3.63) is 0 Å². The van der Waals surface area contributed by atoms with E-state index in [-0.39, 0.29) is 63.6 Å². The van der Waals surface area contributed by atoms with Crippen LogP contribution in [0, 0.1) is 17.3 Å². The van der Waals surface area contributed by atoms with Crippen LogP contribution >= 0.6 is 0 Å². The summed E-state index contributed by atoms with van der Waals surface area (Å²) >= 11 is 0. The van der Waals surface area contributed by atoms with Crippen LogP contribution in [0.1, 0.15) is 71.6 Å². The summed E-state index contributed by atoms with van der Waals surface area (Å²) in [5.41, 5.74) is -3.63. The van der Waals surface area contributed by atoms with Crippen LogP contribution in [0.25, 0.3) is 0 Å². The molecular weight excluding hydrogens is 386 g/mol. The molecule has 0 spiro atoms. The molecule has 0 heterocycles. The Morgan fingerprint density at radius 3 is 1.36 bits per heavy atom. The van der Waals surface area contributed by atoms with Crippen molar-refractivity contribution in [2.24, 2.45) is 17.3 Å². The van der Waals surface area contributed by atoms with Crippen LogP contribution in [-0.4, -0.2) is 37.8 Å². The fourth-order valence-electron chi connectivity index (χ4n) is 5.31. The molecule has 0 bridgehead atoms. The van der Waals surface area contributed by atoms with Crippen molar-refractivity contribution < 1.29 is 35.8 Å².